The van der Waals surface area contributed by atoms with Crippen LogP contribution in [0.25, 0.3) is 0 Å². The second-order valence-corrected chi connectivity index (χ2v) is 6.20. The van der Waals surface area contributed by atoms with Gasteiger partial charge in [-0.15, -0.1) is 0 Å². The molecule has 0 N–H and O–H groups in total. The number of aryl methyl sites for hydroxylation is 1. The average Bonchev–Trinajstić information content (AvgIpc) is 3.16. The summed E-state index contributed by atoms with van der Waals surface area (Å²) in [5, 5.41) is 0.358. The molecule has 1 aromatic heterocycles. The molecule has 6 heteroatoms. The van der Waals surface area contributed by atoms with E-state index in [-0.39, 0.29) is 6.10 Å². The first-order chi connectivity index (χ1) is 11.2. The number of ether oxygens (including phenoxy) is 2. The first-order valence-corrected chi connectivity index (χ1v) is 8.05. The van der Waals surface area contributed by atoms with Crippen LogP contribution in [-0.2, 0) is 11.2 Å². The Hall–Kier alpha value is -1.98. The maximum atomic E-state index is 5.86. The van der Waals surface area contributed by atoms with E-state index in [4.69, 9.17) is 26.1 Å². The van der Waals surface area contributed by atoms with Gasteiger partial charge in [-0.25, -0.2) is 9.97 Å². The molecule has 0 aliphatic carbocycles. The van der Waals surface area contributed by atoms with Crippen LogP contribution in [0.2, 0.25) is 5.15 Å². The van der Waals surface area contributed by atoms with Crippen molar-refractivity contribution in [2.75, 3.05) is 6.61 Å². The summed E-state index contributed by atoms with van der Waals surface area (Å²) < 4.78 is 11.6. The normalized spacial score (nSPS) is 19.6. The summed E-state index contributed by atoms with van der Waals surface area (Å²) in [6.45, 7) is 2.88. The minimum atomic E-state index is 0.173. The molecule has 0 saturated carbocycles. The van der Waals surface area contributed by atoms with Gasteiger partial charge in [0.2, 0.25) is 5.88 Å². The van der Waals surface area contributed by atoms with Crippen molar-refractivity contribution in [3.8, 4) is 11.6 Å². The van der Waals surface area contributed by atoms with E-state index >= 15 is 0 Å². The monoisotopic (exact) mass is 329 g/mol. The van der Waals surface area contributed by atoms with E-state index in [0.717, 1.165) is 48.6 Å². The maximum absolute atomic E-state index is 5.86. The summed E-state index contributed by atoms with van der Waals surface area (Å²) >= 11 is 5.86. The number of hydrogen-bond acceptors (Lipinski definition) is 5. The molecule has 0 spiro atoms. The highest BCUT2D eigenvalue weighted by Gasteiger charge is 2.27. The Labute approximate surface area is 139 Å². The van der Waals surface area contributed by atoms with Gasteiger partial charge in [0, 0.05) is 19.1 Å². The topological polar surface area (TPSA) is 56.6 Å². The van der Waals surface area contributed by atoms with Crippen molar-refractivity contribution in [2.45, 2.75) is 32.3 Å². The van der Waals surface area contributed by atoms with E-state index in [9.17, 15) is 0 Å². The molecule has 1 saturated heterocycles. The van der Waals surface area contributed by atoms with E-state index in [1.807, 2.05) is 19.1 Å². The van der Waals surface area contributed by atoms with Crippen LogP contribution in [0.3, 0.4) is 0 Å². The Morgan fingerprint density at radius 1 is 1.26 bits per heavy atom. The van der Waals surface area contributed by atoms with E-state index in [1.54, 1.807) is 6.07 Å². The van der Waals surface area contributed by atoms with Crippen molar-refractivity contribution >= 4 is 23.0 Å². The molecule has 118 valence electrons. The van der Waals surface area contributed by atoms with Crippen LogP contribution in [0.1, 0.15) is 24.0 Å². The van der Waals surface area contributed by atoms with Gasteiger partial charge in [0.25, 0.3) is 0 Å². The molecule has 3 heterocycles. The van der Waals surface area contributed by atoms with Crippen molar-refractivity contribution in [3.05, 3.63) is 40.8 Å². The van der Waals surface area contributed by atoms with Crippen LogP contribution in [-0.4, -0.2) is 28.4 Å². The van der Waals surface area contributed by atoms with Gasteiger partial charge in [-0.3, -0.25) is 4.99 Å². The van der Waals surface area contributed by atoms with E-state index in [1.165, 1.54) is 11.9 Å². The van der Waals surface area contributed by atoms with E-state index in [0.29, 0.717) is 11.0 Å². The van der Waals surface area contributed by atoms with Crippen molar-refractivity contribution < 1.29 is 9.47 Å². The number of fused-ring (bicyclic) bond motifs is 1. The van der Waals surface area contributed by atoms with Crippen molar-refractivity contribution in [2.24, 2.45) is 4.99 Å². The van der Waals surface area contributed by atoms with Crippen LogP contribution >= 0.6 is 11.6 Å². The molecule has 1 fully saturated rings. The van der Waals surface area contributed by atoms with E-state index in [2.05, 4.69) is 9.97 Å². The maximum Gasteiger partial charge on any atom is 0.223 e. The smallest absolute Gasteiger partial charge is 0.223 e. The molecule has 5 nitrogen and oxygen atoms in total. The van der Waals surface area contributed by atoms with Gasteiger partial charge in [0.15, 0.2) is 0 Å². The zero-order chi connectivity index (χ0) is 15.8. The molecule has 2 aromatic rings. The fourth-order valence-electron chi connectivity index (χ4n) is 3.07. The Bertz CT molecular complexity index is 785. The summed E-state index contributed by atoms with van der Waals surface area (Å²) in [6, 6.07) is 5.58. The molecule has 0 unspecified atom stereocenters. The predicted octanol–water partition coefficient (Wildman–Crippen LogP) is 4.04. The SMILES string of the molecule is Cc1cc(Oc2cc(Cl)ncn2)cc2c1N=C([C@@H]1CCCO1)C2. The largest absolute Gasteiger partial charge is 0.439 e. The van der Waals surface area contributed by atoms with Crippen LogP contribution in [0.15, 0.2) is 29.5 Å². The van der Waals surface area contributed by atoms with Crippen molar-refractivity contribution in [1.29, 1.82) is 0 Å². The first kappa shape index (κ1) is 14.6. The molecule has 0 amide bonds. The Balaban J connectivity index is 1.58. The van der Waals surface area contributed by atoms with Crippen LogP contribution in [0.5, 0.6) is 11.6 Å². The standard InChI is InChI=1S/C17H16ClN3O2/c1-10-5-12(23-16-8-15(18)19-9-20-16)6-11-7-13(21-17(10)11)14-3-2-4-22-14/h5-6,8-9,14H,2-4,7H2,1H3/t14-/m0/s1. The molecule has 0 bridgehead atoms. The van der Waals surface area contributed by atoms with Gasteiger partial charge in [0.05, 0.1) is 17.5 Å². The number of halogens is 1. The zero-order valence-electron chi connectivity index (χ0n) is 12.8. The number of nitrogens with zero attached hydrogens (tertiary/aromatic N) is 3. The molecule has 1 atom stereocenters. The summed E-state index contributed by atoms with van der Waals surface area (Å²) in [5.41, 5.74) is 4.43. The molecule has 0 radical (unpaired) electrons. The number of benzene rings is 1. The fraction of sp³-hybridized carbons (Fsp3) is 0.353. The highest BCUT2D eigenvalue weighted by molar-refractivity contribution is 6.29. The molecular formula is C17H16ClN3O2. The summed E-state index contributed by atoms with van der Waals surface area (Å²) in [6.07, 6.45) is 4.56. The Kier molecular flexibility index (Phi) is 3.75. The third-order valence-corrected chi connectivity index (χ3v) is 4.32. The highest BCUT2D eigenvalue weighted by atomic mass is 35.5. The third kappa shape index (κ3) is 2.94. The molecular weight excluding hydrogens is 314 g/mol. The first-order valence-electron chi connectivity index (χ1n) is 7.67. The third-order valence-electron chi connectivity index (χ3n) is 4.11. The zero-order valence-corrected chi connectivity index (χ0v) is 13.5. The van der Waals surface area contributed by atoms with Gasteiger partial charge < -0.3 is 9.47 Å². The second-order valence-electron chi connectivity index (χ2n) is 5.81. The number of aliphatic imine (C=N–C) groups is 1. The molecule has 4 rings (SSSR count). The van der Waals surface area contributed by atoms with Gasteiger partial charge in [-0.1, -0.05) is 11.6 Å². The van der Waals surface area contributed by atoms with Gasteiger partial charge >= 0.3 is 0 Å². The minimum absolute atomic E-state index is 0.173. The number of aromatic nitrogens is 2. The van der Waals surface area contributed by atoms with Gasteiger partial charge in [-0.2, -0.15) is 0 Å². The lowest BCUT2D eigenvalue weighted by Gasteiger charge is -2.09. The van der Waals surface area contributed by atoms with Crippen LogP contribution in [0, 0.1) is 6.92 Å². The lowest BCUT2D eigenvalue weighted by Crippen LogP contribution is -2.19. The Morgan fingerprint density at radius 3 is 2.96 bits per heavy atom. The van der Waals surface area contributed by atoms with E-state index < -0.39 is 0 Å². The predicted molar refractivity (Wildman–Crippen MR) is 88.1 cm³/mol. The Morgan fingerprint density at radius 2 is 2.17 bits per heavy atom. The average molecular weight is 330 g/mol. The second kappa shape index (κ2) is 5.91. The van der Waals surface area contributed by atoms with Crippen molar-refractivity contribution in [3.63, 3.8) is 0 Å². The summed E-state index contributed by atoms with van der Waals surface area (Å²) in [7, 11) is 0. The quantitative estimate of drug-likeness (QED) is 0.797. The fourth-order valence-corrected chi connectivity index (χ4v) is 3.21. The summed E-state index contributed by atoms with van der Waals surface area (Å²) in [5.74, 6) is 1.17. The van der Waals surface area contributed by atoms with Crippen molar-refractivity contribution in [1.82, 2.24) is 9.97 Å². The molecule has 1 aromatic carbocycles. The van der Waals surface area contributed by atoms with Gasteiger partial charge in [0.1, 0.15) is 17.2 Å². The molecule has 2 aliphatic heterocycles. The van der Waals surface area contributed by atoms with Gasteiger partial charge in [-0.05, 0) is 43.0 Å². The minimum Gasteiger partial charge on any atom is -0.439 e. The highest BCUT2D eigenvalue weighted by Crippen LogP contribution is 2.37. The number of rotatable bonds is 3. The number of hydrogen-bond donors (Lipinski definition) is 0. The van der Waals surface area contributed by atoms with Crippen LogP contribution < -0.4 is 4.74 Å². The summed E-state index contributed by atoms with van der Waals surface area (Å²) in [4.78, 5) is 12.7. The van der Waals surface area contributed by atoms with Crippen LogP contribution in [0.4, 0.5) is 5.69 Å². The lowest BCUT2D eigenvalue weighted by molar-refractivity contribution is 0.157. The molecule has 23 heavy (non-hydrogen) atoms. The lowest BCUT2D eigenvalue weighted by atomic mass is 10.0. The molecule has 2 aliphatic rings.